The number of ether oxygens (including phenoxy) is 1. The molecule has 3 nitrogen and oxygen atoms in total. The van der Waals surface area contributed by atoms with Crippen LogP contribution in [-0.4, -0.2) is 27.5 Å². The zero-order valence-corrected chi connectivity index (χ0v) is 23.0. The average molecular weight is 463 g/mol. The van der Waals surface area contributed by atoms with E-state index >= 15 is 0 Å². The number of hydrogen-bond donors (Lipinski definition) is 0. The van der Waals surface area contributed by atoms with E-state index in [1.807, 2.05) is 0 Å². The van der Waals surface area contributed by atoms with Gasteiger partial charge >= 0.3 is 5.97 Å². The minimum Gasteiger partial charge on any atom is -0.469 e. The number of fused-ring (bicyclic) bond motifs is 5. The second-order valence-corrected chi connectivity index (χ2v) is 18.0. The van der Waals surface area contributed by atoms with Crippen molar-refractivity contribution in [1.29, 1.82) is 0 Å². The van der Waals surface area contributed by atoms with Gasteiger partial charge in [-0.1, -0.05) is 33.6 Å². The van der Waals surface area contributed by atoms with Crippen molar-refractivity contribution in [1.82, 2.24) is 0 Å². The average Bonchev–Trinajstić information content (AvgIpc) is 3.08. The van der Waals surface area contributed by atoms with Crippen molar-refractivity contribution in [3.05, 3.63) is 0 Å². The maximum atomic E-state index is 11.8. The van der Waals surface area contributed by atoms with Crippen LogP contribution in [0.5, 0.6) is 0 Å². The van der Waals surface area contributed by atoms with E-state index in [1.54, 1.807) is 0 Å². The van der Waals surface area contributed by atoms with Crippen LogP contribution in [0, 0.1) is 46.3 Å². The zero-order valence-electron chi connectivity index (χ0n) is 22.0. The summed E-state index contributed by atoms with van der Waals surface area (Å²) in [5.74, 6) is 4.56. The number of esters is 1. The topological polar surface area (TPSA) is 35.5 Å². The molecule has 0 aliphatic heterocycles. The first kappa shape index (κ1) is 24.8. The summed E-state index contributed by atoms with van der Waals surface area (Å²) in [5.41, 5.74) is 0.952. The Balaban J connectivity index is 1.60. The van der Waals surface area contributed by atoms with Gasteiger partial charge in [-0.2, -0.15) is 0 Å². The van der Waals surface area contributed by atoms with Crippen LogP contribution in [0.15, 0.2) is 0 Å². The standard InChI is InChI=1S/C28H50O3Si/c1-19(11-14-25(29)30-4)21-12-13-22-26-23(15-17-28(21,22)3)27(2)16-9-8-10-20(27)18-24(26)31-32(5,6)7/h19-24,26H,8-18H2,1-7H3/t19-,20-,21-,22+,23+,24-,26+,27+,28-/m1/s1. The Kier molecular flexibility index (Phi) is 6.98. The first-order valence-corrected chi connectivity index (χ1v) is 17.1. The molecule has 0 amide bonds. The maximum Gasteiger partial charge on any atom is 0.305 e. The van der Waals surface area contributed by atoms with Crippen molar-refractivity contribution in [2.75, 3.05) is 7.11 Å². The van der Waals surface area contributed by atoms with Crippen LogP contribution in [0.4, 0.5) is 0 Å². The van der Waals surface area contributed by atoms with Gasteiger partial charge in [-0.3, -0.25) is 4.79 Å². The zero-order chi connectivity index (χ0) is 23.3. The third-order valence-corrected chi connectivity index (χ3v) is 11.9. The molecule has 4 saturated carbocycles. The highest BCUT2D eigenvalue weighted by molar-refractivity contribution is 6.69. The molecule has 0 bridgehead atoms. The molecule has 4 aliphatic carbocycles. The van der Waals surface area contributed by atoms with Gasteiger partial charge in [-0.25, -0.2) is 0 Å². The van der Waals surface area contributed by atoms with Crippen LogP contribution < -0.4 is 0 Å². The highest BCUT2D eigenvalue weighted by Gasteiger charge is 2.63. The lowest BCUT2D eigenvalue weighted by Crippen LogP contribution is -2.59. The minimum absolute atomic E-state index is 0.0487. The predicted octanol–water partition coefficient (Wildman–Crippen LogP) is 7.45. The second-order valence-electron chi connectivity index (χ2n) is 13.6. The summed E-state index contributed by atoms with van der Waals surface area (Å²) < 4.78 is 12.0. The van der Waals surface area contributed by atoms with Gasteiger partial charge in [-0.15, -0.1) is 0 Å². The summed E-state index contributed by atoms with van der Waals surface area (Å²) in [7, 11) is -0.0739. The Bertz CT molecular complexity index is 687. The number of carbonyl (C=O) groups excluding carboxylic acids is 1. The van der Waals surface area contributed by atoms with Gasteiger partial charge in [0.2, 0.25) is 0 Å². The quantitative estimate of drug-likeness (QED) is 0.303. The molecule has 0 N–H and O–H groups in total. The highest BCUT2D eigenvalue weighted by Crippen LogP contribution is 2.68. The van der Waals surface area contributed by atoms with Crippen LogP contribution in [0.25, 0.3) is 0 Å². The minimum atomic E-state index is -1.59. The largest absolute Gasteiger partial charge is 0.469 e. The monoisotopic (exact) mass is 462 g/mol. The molecule has 4 aliphatic rings. The summed E-state index contributed by atoms with van der Waals surface area (Å²) in [6.45, 7) is 14.9. The van der Waals surface area contributed by atoms with E-state index < -0.39 is 8.32 Å². The van der Waals surface area contributed by atoms with E-state index in [9.17, 15) is 4.79 Å². The highest BCUT2D eigenvalue weighted by atomic mass is 28.4. The summed E-state index contributed by atoms with van der Waals surface area (Å²) >= 11 is 0. The second kappa shape index (κ2) is 9.02. The van der Waals surface area contributed by atoms with E-state index in [1.165, 1.54) is 64.9 Å². The molecule has 0 radical (unpaired) electrons. The molecule has 0 aromatic carbocycles. The van der Waals surface area contributed by atoms with Gasteiger partial charge < -0.3 is 9.16 Å². The molecular formula is C28H50O3Si. The Morgan fingerprint density at radius 2 is 1.72 bits per heavy atom. The predicted molar refractivity (Wildman–Crippen MR) is 134 cm³/mol. The van der Waals surface area contributed by atoms with E-state index in [0.717, 1.165) is 36.0 Å². The Hall–Kier alpha value is -0.353. The Morgan fingerprint density at radius 1 is 1.00 bits per heavy atom. The van der Waals surface area contributed by atoms with Crippen molar-refractivity contribution in [3.63, 3.8) is 0 Å². The molecular weight excluding hydrogens is 412 g/mol. The summed E-state index contributed by atoms with van der Waals surface area (Å²) in [4.78, 5) is 11.8. The molecule has 4 rings (SSSR count). The van der Waals surface area contributed by atoms with Crippen LogP contribution >= 0.6 is 0 Å². The van der Waals surface area contributed by atoms with Gasteiger partial charge in [0.05, 0.1) is 7.11 Å². The number of rotatable bonds is 6. The molecule has 0 saturated heterocycles. The summed E-state index contributed by atoms with van der Waals surface area (Å²) in [6.07, 6.45) is 14.6. The Morgan fingerprint density at radius 3 is 2.41 bits per heavy atom. The van der Waals surface area contributed by atoms with Crippen LogP contribution in [0.1, 0.15) is 91.4 Å². The molecule has 32 heavy (non-hydrogen) atoms. The molecule has 0 unspecified atom stereocenters. The van der Waals surface area contributed by atoms with Crippen molar-refractivity contribution in [2.45, 2.75) is 117 Å². The van der Waals surface area contributed by atoms with Crippen LogP contribution in [-0.2, 0) is 14.0 Å². The molecule has 184 valence electrons. The lowest BCUT2D eigenvalue weighted by atomic mass is 9.44. The molecule has 0 spiro atoms. The first-order valence-electron chi connectivity index (χ1n) is 13.7. The maximum absolute atomic E-state index is 11.8. The lowest BCUT2D eigenvalue weighted by Gasteiger charge is -2.63. The molecule has 9 atom stereocenters. The fourth-order valence-corrected chi connectivity index (χ4v) is 10.6. The third kappa shape index (κ3) is 4.37. The van der Waals surface area contributed by atoms with Crippen molar-refractivity contribution in [2.24, 2.45) is 46.3 Å². The molecule has 0 heterocycles. The van der Waals surface area contributed by atoms with Crippen LogP contribution in [0.2, 0.25) is 19.6 Å². The van der Waals surface area contributed by atoms with Gasteiger partial charge in [0.25, 0.3) is 0 Å². The normalized spacial score (nSPS) is 44.8. The molecule has 4 heteroatoms. The molecule has 0 aromatic rings. The van der Waals surface area contributed by atoms with Crippen molar-refractivity contribution >= 4 is 14.3 Å². The fraction of sp³-hybridized carbons (Fsp3) is 0.964. The van der Waals surface area contributed by atoms with Gasteiger partial charge in [0.15, 0.2) is 8.32 Å². The van der Waals surface area contributed by atoms with E-state index in [-0.39, 0.29) is 5.97 Å². The molecule has 0 aromatic heterocycles. The SMILES string of the molecule is COC(=O)CC[C@@H](C)[C@H]1CC[C@H]2[C@@H]3[C@H](O[Si](C)(C)C)C[C@H]4CCCC[C@]4(C)[C@H]3CC[C@]12C. The van der Waals surface area contributed by atoms with Crippen LogP contribution in [0.3, 0.4) is 0 Å². The lowest BCUT2D eigenvalue weighted by molar-refractivity contribution is -0.160. The fourth-order valence-electron chi connectivity index (χ4n) is 9.43. The van der Waals surface area contributed by atoms with Gasteiger partial charge in [0.1, 0.15) is 0 Å². The smallest absolute Gasteiger partial charge is 0.305 e. The molecule has 4 fully saturated rings. The summed E-state index contributed by atoms with van der Waals surface area (Å²) in [5, 5.41) is 0. The van der Waals surface area contributed by atoms with E-state index in [0.29, 0.717) is 29.3 Å². The Labute approximate surface area is 198 Å². The van der Waals surface area contributed by atoms with Gasteiger partial charge in [0, 0.05) is 12.5 Å². The van der Waals surface area contributed by atoms with Gasteiger partial charge in [-0.05, 0) is 117 Å². The van der Waals surface area contributed by atoms with E-state index in [2.05, 4.69) is 40.4 Å². The number of methoxy groups -OCH3 is 1. The van der Waals surface area contributed by atoms with Crippen molar-refractivity contribution in [3.8, 4) is 0 Å². The van der Waals surface area contributed by atoms with E-state index in [4.69, 9.17) is 9.16 Å². The van der Waals surface area contributed by atoms with Crippen molar-refractivity contribution < 1.29 is 14.0 Å². The number of hydrogen-bond acceptors (Lipinski definition) is 3. The number of carbonyl (C=O) groups is 1. The summed E-state index contributed by atoms with van der Waals surface area (Å²) in [6, 6.07) is 0. The third-order valence-electron chi connectivity index (χ3n) is 10.9. The first-order chi connectivity index (χ1) is 15.0.